The number of nitrogens with zero attached hydrogens (tertiary/aromatic N) is 3. The van der Waals surface area contributed by atoms with Crippen molar-refractivity contribution >= 4 is 11.0 Å². The fourth-order valence-electron chi connectivity index (χ4n) is 2.91. The molecule has 1 fully saturated rings. The molecule has 3 rings (SSSR count). The number of aromatic amines is 1. The van der Waals surface area contributed by atoms with Crippen LogP contribution in [0.4, 0.5) is 0 Å². The average molecular weight is 272 g/mol. The van der Waals surface area contributed by atoms with Crippen LogP contribution in [0.25, 0.3) is 11.0 Å². The fourth-order valence-corrected chi connectivity index (χ4v) is 2.91. The van der Waals surface area contributed by atoms with E-state index in [-0.39, 0.29) is 0 Å². The molecule has 1 aliphatic heterocycles. The van der Waals surface area contributed by atoms with Crippen LogP contribution in [0.5, 0.6) is 0 Å². The molecular weight excluding hydrogens is 248 g/mol. The van der Waals surface area contributed by atoms with Gasteiger partial charge in [-0.3, -0.25) is 9.80 Å². The molecular formula is C16H24N4. The molecule has 0 saturated carbocycles. The molecule has 2 heterocycles. The van der Waals surface area contributed by atoms with Gasteiger partial charge in [0.15, 0.2) is 0 Å². The second-order valence-electron chi connectivity index (χ2n) is 5.77. The Hall–Kier alpha value is -1.39. The normalized spacial score (nSPS) is 19.5. The molecule has 2 aromatic rings. The summed E-state index contributed by atoms with van der Waals surface area (Å²) in [7, 11) is 0. The van der Waals surface area contributed by atoms with Crippen LogP contribution in [0.3, 0.4) is 0 Å². The molecule has 20 heavy (non-hydrogen) atoms. The third-order valence-corrected chi connectivity index (χ3v) is 4.43. The standard InChI is InChI=1S/C16H24N4/c1-3-13(2)20-10-8-19(9-11-20)12-16-17-14-6-4-5-7-15(14)18-16/h4-7,13H,3,8-12H2,1-2H3,(H,17,18). The Bertz CT molecular complexity index is 521. The van der Waals surface area contributed by atoms with Crippen molar-refractivity contribution in [3.63, 3.8) is 0 Å². The summed E-state index contributed by atoms with van der Waals surface area (Å²) in [6.45, 7) is 10.2. The van der Waals surface area contributed by atoms with Gasteiger partial charge in [0.25, 0.3) is 0 Å². The Morgan fingerprint density at radius 3 is 2.65 bits per heavy atom. The molecule has 108 valence electrons. The first-order valence-electron chi connectivity index (χ1n) is 7.66. The van der Waals surface area contributed by atoms with Crippen molar-refractivity contribution in [1.29, 1.82) is 0 Å². The summed E-state index contributed by atoms with van der Waals surface area (Å²) in [6, 6.07) is 8.96. The lowest BCUT2D eigenvalue weighted by Gasteiger charge is -2.37. The van der Waals surface area contributed by atoms with Crippen molar-refractivity contribution in [2.45, 2.75) is 32.9 Å². The van der Waals surface area contributed by atoms with Crippen LogP contribution in [-0.2, 0) is 6.54 Å². The van der Waals surface area contributed by atoms with Crippen molar-refractivity contribution in [2.24, 2.45) is 0 Å². The number of para-hydroxylation sites is 2. The van der Waals surface area contributed by atoms with Gasteiger partial charge in [-0.25, -0.2) is 4.98 Å². The molecule has 0 aliphatic carbocycles. The van der Waals surface area contributed by atoms with E-state index in [1.807, 2.05) is 6.07 Å². The molecule has 1 N–H and O–H groups in total. The fraction of sp³-hybridized carbons (Fsp3) is 0.562. The Morgan fingerprint density at radius 1 is 1.20 bits per heavy atom. The highest BCUT2D eigenvalue weighted by molar-refractivity contribution is 5.74. The van der Waals surface area contributed by atoms with Crippen LogP contribution in [0.2, 0.25) is 0 Å². The molecule has 4 nitrogen and oxygen atoms in total. The number of fused-ring (bicyclic) bond motifs is 1. The van der Waals surface area contributed by atoms with Crippen molar-refractivity contribution in [3.05, 3.63) is 30.1 Å². The average Bonchev–Trinajstić information content (AvgIpc) is 2.89. The van der Waals surface area contributed by atoms with E-state index < -0.39 is 0 Å². The first-order chi connectivity index (χ1) is 9.76. The maximum atomic E-state index is 4.67. The number of nitrogens with one attached hydrogen (secondary N) is 1. The van der Waals surface area contributed by atoms with Crippen LogP contribution in [0.15, 0.2) is 24.3 Å². The lowest BCUT2D eigenvalue weighted by molar-refractivity contribution is 0.0950. The second kappa shape index (κ2) is 5.94. The van der Waals surface area contributed by atoms with Crippen molar-refractivity contribution in [3.8, 4) is 0 Å². The number of imidazole rings is 1. The molecule has 4 heteroatoms. The molecule has 1 aliphatic rings. The number of benzene rings is 1. The highest BCUT2D eigenvalue weighted by Crippen LogP contribution is 2.14. The van der Waals surface area contributed by atoms with Gasteiger partial charge in [0.2, 0.25) is 0 Å². The Morgan fingerprint density at radius 2 is 1.95 bits per heavy atom. The molecule has 0 spiro atoms. The summed E-state index contributed by atoms with van der Waals surface area (Å²) < 4.78 is 0. The molecule has 1 unspecified atom stereocenters. The molecule has 1 atom stereocenters. The summed E-state index contributed by atoms with van der Waals surface area (Å²) in [5.41, 5.74) is 2.21. The summed E-state index contributed by atoms with van der Waals surface area (Å²) in [6.07, 6.45) is 1.24. The third-order valence-electron chi connectivity index (χ3n) is 4.43. The van der Waals surface area contributed by atoms with Gasteiger partial charge >= 0.3 is 0 Å². The van der Waals surface area contributed by atoms with Crippen molar-refractivity contribution in [2.75, 3.05) is 26.2 Å². The molecule has 0 radical (unpaired) electrons. The van der Waals surface area contributed by atoms with E-state index in [4.69, 9.17) is 0 Å². The number of hydrogen-bond acceptors (Lipinski definition) is 3. The minimum atomic E-state index is 0.711. The van der Waals surface area contributed by atoms with Crippen molar-refractivity contribution < 1.29 is 0 Å². The Balaban J connectivity index is 1.59. The summed E-state index contributed by atoms with van der Waals surface area (Å²) >= 11 is 0. The van der Waals surface area contributed by atoms with Crippen LogP contribution in [-0.4, -0.2) is 52.0 Å². The van der Waals surface area contributed by atoms with Gasteiger partial charge in [0.05, 0.1) is 17.6 Å². The first kappa shape index (κ1) is 13.6. The first-order valence-corrected chi connectivity index (χ1v) is 7.66. The quantitative estimate of drug-likeness (QED) is 0.928. The van der Waals surface area contributed by atoms with Gasteiger partial charge in [-0.05, 0) is 25.5 Å². The zero-order valence-electron chi connectivity index (χ0n) is 12.5. The topological polar surface area (TPSA) is 35.2 Å². The Labute approximate surface area is 120 Å². The van der Waals surface area contributed by atoms with E-state index in [2.05, 4.69) is 51.8 Å². The number of piperazine rings is 1. The molecule has 1 aromatic carbocycles. The number of hydrogen-bond donors (Lipinski definition) is 1. The lowest BCUT2D eigenvalue weighted by Crippen LogP contribution is -2.49. The van der Waals surface area contributed by atoms with Crippen LogP contribution in [0.1, 0.15) is 26.1 Å². The second-order valence-corrected chi connectivity index (χ2v) is 5.77. The zero-order chi connectivity index (χ0) is 13.9. The molecule has 1 aromatic heterocycles. The number of aromatic nitrogens is 2. The van der Waals surface area contributed by atoms with Crippen LogP contribution in [0, 0.1) is 0 Å². The van der Waals surface area contributed by atoms with Crippen LogP contribution < -0.4 is 0 Å². The van der Waals surface area contributed by atoms with Crippen molar-refractivity contribution in [1.82, 2.24) is 19.8 Å². The maximum Gasteiger partial charge on any atom is 0.121 e. The lowest BCUT2D eigenvalue weighted by atomic mass is 10.2. The molecule has 0 bridgehead atoms. The van der Waals surface area contributed by atoms with Crippen LogP contribution >= 0.6 is 0 Å². The minimum Gasteiger partial charge on any atom is -0.341 e. The summed E-state index contributed by atoms with van der Waals surface area (Å²) in [5, 5.41) is 0. The number of rotatable bonds is 4. The van der Waals surface area contributed by atoms with Gasteiger partial charge in [0, 0.05) is 32.2 Å². The highest BCUT2D eigenvalue weighted by Gasteiger charge is 2.20. The highest BCUT2D eigenvalue weighted by atomic mass is 15.3. The largest absolute Gasteiger partial charge is 0.341 e. The minimum absolute atomic E-state index is 0.711. The van der Waals surface area contributed by atoms with Gasteiger partial charge in [-0.2, -0.15) is 0 Å². The van der Waals surface area contributed by atoms with Gasteiger partial charge in [-0.1, -0.05) is 19.1 Å². The zero-order valence-corrected chi connectivity index (χ0v) is 12.5. The van der Waals surface area contributed by atoms with E-state index in [0.717, 1.165) is 36.5 Å². The maximum absolute atomic E-state index is 4.67. The van der Waals surface area contributed by atoms with E-state index >= 15 is 0 Å². The SMILES string of the molecule is CCC(C)N1CCN(Cc2nc3ccccc3[nH]2)CC1. The molecule has 1 saturated heterocycles. The molecule has 0 amide bonds. The van der Waals surface area contributed by atoms with E-state index in [1.165, 1.54) is 19.5 Å². The summed E-state index contributed by atoms with van der Waals surface area (Å²) in [5.74, 6) is 1.09. The number of H-pyrrole nitrogens is 1. The predicted molar refractivity (Wildman–Crippen MR) is 82.7 cm³/mol. The Kier molecular flexibility index (Phi) is 4.03. The van der Waals surface area contributed by atoms with Gasteiger partial charge in [0.1, 0.15) is 5.82 Å². The van der Waals surface area contributed by atoms with E-state index in [9.17, 15) is 0 Å². The monoisotopic (exact) mass is 272 g/mol. The smallest absolute Gasteiger partial charge is 0.121 e. The van der Waals surface area contributed by atoms with Gasteiger partial charge in [-0.15, -0.1) is 0 Å². The summed E-state index contributed by atoms with van der Waals surface area (Å²) in [4.78, 5) is 13.2. The van der Waals surface area contributed by atoms with E-state index in [0.29, 0.717) is 6.04 Å². The van der Waals surface area contributed by atoms with Gasteiger partial charge < -0.3 is 4.98 Å². The van der Waals surface area contributed by atoms with E-state index in [1.54, 1.807) is 0 Å². The predicted octanol–water partition coefficient (Wildman–Crippen LogP) is 2.48. The third kappa shape index (κ3) is 2.86.